The van der Waals surface area contributed by atoms with E-state index in [-0.39, 0.29) is 29.5 Å². The van der Waals surface area contributed by atoms with Gasteiger partial charge in [-0.2, -0.15) is 0 Å². The molecule has 32 heavy (non-hydrogen) atoms. The Morgan fingerprint density at radius 2 is 1.81 bits per heavy atom. The summed E-state index contributed by atoms with van der Waals surface area (Å²) in [6.45, 7) is 3.60. The van der Waals surface area contributed by atoms with E-state index in [0.29, 0.717) is 28.7 Å². The molecule has 10 heteroatoms. The molecule has 1 unspecified atom stereocenters. The summed E-state index contributed by atoms with van der Waals surface area (Å²) >= 11 is 1.11. The first-order valence-corrected chi connectivity index (χ1v) is 10.7. The molecule has 0 spiro atoms. The number of nitrogens with one attached hydrogen (secondary N) is 2. The number of benzene rings is 2. The van der Waals surface area contributed by atoms with E-state index in [1.165, 1.54) is 0 Å². The Labute approximate surface area is 188 Å². The zero-order chi connectivity index (χ0) is 23.1. The predicted octanol–water partition coefficient (Wildman–Crippen LogP) is 3.24. The maximum Gasteiger partial charge on any atom is 0.338 e. The summed E-state index contributed by atoms with van der Waals surface area (Å²) in [7, 11) is 0. The standard InChI is InChI=1S/C22H24N4O5S/c1-3-30-22(29)14-4-8-16(9-5-14)31-17-10-6-15(7-11-17)25-21-18(20(28)26-32-21)19(23)24-13(2)12-27/h4-11,13,25,27H,3,12H2,1-2H3,(H2,23,24)(H,26,28). The SMILES string of the molecule is CCOC(=O)c1ccc(Oc2ccc(Nc3s[nH]c(=O)c3C(N)=NC(C)CO)cc2)cc1. The number of nitrogens with two attached hydrogens (primary N) is 1. The highest BCUT2D eigenvalue weighted by Gasteiger charge is 2.16. The van der Waals surface area contributed by atoms with Crippen LogP contribution in [0.3, 0.4) is 0 Å². The highest BCUT2D eigenvalue weighted by molar-refractivity contribution is 7.10. The minimum absolute atomic E-state index is 0.0581. The first-order valence-electron chi connectivity index (χ1n) is 9.89. The molecule has 0 amide bonds. The molecule has 0 fully saturated rings. The second-order valence-corrected chi connectivity index (χ2v) is 7.60. The van der Waals surface area contributed by atoms with E-state index in [0.717, 1.165) is 17.2 Å². The van der Waals surface area contributed by atoms with Gasteiger partial charge in [0.05, 0.1) is 24.8 Å². The summed E-state index contributed by atoms with van der Waals surface area (Å²) < 4.78 is 13.4. The fraction of sp³-hybridized carbons (Fsp3) is 0.227. The molecule has 0 aliphatic rings. The van der Waals surface area contributed by atoms with Gasteiger partial charge in [-0.1, -0.05) is 0 Å². The molecule has 2 aromatic carbocycles. The fourth-order valence-corrected chi connectivity index (χ4v) is 3.48. The van der Waals surface area contributed by atoms with Crippen molar-refractivity contribution in [1.82, 2.24) is 4.37 Å². The van der Waals surface area contributed by atoms with E-state index in [9.17, 15) is 9.59 Å². The van der Waals surface area contributed by atoms with Crippen LogP contribution < -0.4 is 21.3 Å². The summed E-state index contributed by atoms with van der Waals surface area (Å²) in [6, 6.07) is 13.4. The average molecular weight is 457 g/mol. The van der Waals surface area contributed by atoms with E-state index in [4.69, 9.17) is 20.3 Å². The smallest absolute Gasteiger partial charge is 0.338 e. The molecule has 0 saturated carbocycles. The van der Waals surface area contributed by atoms with E-state index < -0.39 is 6.04 Å². The lowest BCUT2D eigenvalue weighted by molar-refractivity contribution is 0.0526. The highest BCUT2D eigenvalue weighted by atomic mass is 32.1. The third-order valence-electron chi connectivity index (χ3n) is 4.29. The first-order chi connectivity index (χ1) is 15.4. The number of H-pyrrole nitrogens is 1. The van der Waals surface area contributed by atoms with Crippen LogP contribution in [0.5, 0.6) is 11.5 Å². The van der Waals surface area contributed by atoms with Crippen molar-refractivity contribution in [2.75, 3.05) is 18.5 Å². The van der Waals surface area contributed by atoms with Crippen molar-refractivity contribution in [2.24, 2.45) is 10.7 Å². The molecule has 5 N–H and O–H groups in total. The molecule has 0 aliphatic carbocycles. The molecule has 3 aromatic rings. The first kappa shape index (κ1) is 23.0. The Hall–Kier alpha value is -3.63. The predicted molar refractivity (Wildman–Crippen MR) is 124 cm³/mol. The average Bonchev–Trinajstić information content (AvgIpc) is 3.15. The summed E-state index contributed by atoms with van der Waals surface area (Å²) in [5.74, 6) is 0.854. The number of amidine groups is 1. The van der Waals surface area contributed by atoms with Crippen molar-refractivity contribution in [3.8, 4) is 11.5 Å². The summed E-state index contributed by atoms with van der Waals surface area (Å²) in [4.78, 5) is 28.0. The van der Waals surface area contributed by atoms with Gasteiger partial charge in [-0.3, -0.25) is 14.2 Å². The van der Waals surface area contributed by atoms with Crippen LogP contribution in [0, 0.1) is 0 Å². The number of aromatic amines is 1. The Balaban J connectivity index is 1.69. The van der Waals surface area contributed by atoms with Gasteiger partial charge in [-0.15, -0.1) is 0 Å². The number of carbonyl (C=O) groups is 1. The van der Waals surface area contributed by atoms with Crippen molar-refractivity contribution in [1.29, 1.82) is 0 Å². The molecule has 0 saturated heterocycles. The molecule has 1 aromatic heterocycles. The van der Waals surface area contributed by atoms with Crippen LogP contribution in [0.1, 0.15) is 29.8 Å². The minimum Gasteiger partial charge on any atom is -0.462 e. The van der Waals surface area contributed by atoms with Gasteiger partial charge in [0, 0.05) is 5.69 Å². The molecular formula is C22H24N4O5S. The van der Waals surface area contributed by atoms with Crippen molar-refractivity contribution >= 4 is 34.0 Å². The van der Waals surface area contributed by atoms with Gasteiger partial charge in [-0.05, 0) is 73.9 Å². The summed E-state index contributed by atoms with van der Waals surface area (Å²) in [6.07, 6.45) is 0. The van der Waals surface area contributed by atoms with Crippen LogP contribution in [0.2, 0.25) is 0 Å². The van der Waals surface area contributed by atoms with E-state index >= 15 is 0 Å². The third-order valence-corrected chi connectivity index (χ3v) is 5.09. The molecule has 3 rings (SSSR count). The van der Waals surface area contributed by atoms with Crippen LogP contribution in [-0.2, 0) is 4.74 Å². The van der Waals surface area contributed by atoms with Crippen molar-refractivity contribution in [2.45, 2.75) is 19.9 Å². The van der Waals surface area contributed by atoms with Gasteiger partial charge in [0.15, 0.2) is 0 Å². The number of ether oxygens (including phenoxy) is 2. The van der Waals surface area contributed by atoms with Crippen LogP contribution in [-0.4, -0.2) is 40.5 Å². The van der Waals surface area contributed by atoms with E-state index in [1.807, 2.05) is 0 Å². The number of hydrogen-bond acceptors (Lipinski definition) is 8. The lowest BCUT2D eigenvalue weighted by Crippen LogP contribution is -2.24. The van der Waals surface area contributed by atoms with Crippen molar-refractivity contribution in [3.63, 3.8) is 0 Å². The maximum atomic E-state index is 12.1. The molecule has 0 radical (unpaired) electrons. The number of aliphatic hydroxyl groups is 1. The zero-order valence-corrected chi connectivity index (χ0v) is 18.4. The second kappa shape index (κ2) is 10.6. The normalized spacial score (nSPS) is 12.3. The molecule has 0 bridgehead atoms. The van der Waals surface area contributed by atoms with Gasteiger partial charge < -0.3 is 25.6 Å². The maximum absolute atomic E-state index is 12.1. The Bertz CT molecular complexity index is 1140. The summed E-state index contributed by atoms with van der Waals surface area (Å²) in [5, 5.41) is 12.8. The lowest BCUT2D eigenvalue weighted by Gasteiger charge is -2.10. The largest absolute Gasteiger partial charge is 0.462 e. The molecule has 1 atom stereocenters. The fourth-order valence-electron chi connectivity index (χ4n) is 2.71. The molecule has 9 nitrogen and oxygen atoms in total. The zero-order valence-electron chi connectivity index (χ0n) is 17.6. The Morgan fingerprint density at radius 1 is 1.19 bits per heavy atom. The molecule has 168 valence electrons. The van der Waals surface area contributed by atoms with Gasteiger partial charge in [0.2, 0.25) is 0 Å². The quantitative estimate of drug-likeness (QED) is 0.220. The monoisotopic (exact) mass is 456 g/mol. The van der Waals surface area contributed by atoms with Gasteiger partial charge in [0.25, 0.3) is 5.56 Å². The number of aliphatic hydroxyl groups excluding tert-OH is 1. The van der Waals surface area contributed by atoms with Gasteiger partial charge in [0.1, 0.15) is 27.9 Å². The number of rotatable bonds is 9. The number of aromatic nitrogens is 1. The van der Waals surface area contributed by atoms with Crippen LogP contribution in [0.25, 0.3) is 0 Å². The Kier molecular flexibility index (Phi) is 7.63. The van der Waals surface area contributed by atoms with Crippen molar-refractivity contribution < 1.29 is 19.4 Å². The number of nitrogens with zero attached hydrogens (tertiary/aromatic N) is 1. The van der Waals surface area contributed by atoms with Crippen LogP contribution >= 0.6 is 11.5 Å². The number of aliphatic imine (C=N–C) groups is 1. The van der Waals surface area contributed by atoms with Crippen LogP contribution in [0.15, 0.2) is 58.3 Å². The minimum atomic E-state index is -0.412. The topological polar surface area (TPSA) is 139 Å². The molecule has 1 heterocycles. The van der Waals surface area contributed by atoms with E-state index in [2.05, 4.69) is 14.7 Å². The number of anilines is 2. The van der Waals surface area contributed by atoms with Gasteiger partial charge in [-0.25, -0.2) is 4.79 Å². The lowest BCUT2D eigenvalue weighted by atomic mass is 10.2. The second-order valence-electron chi connectivity index (χ2n) is 6.78. The van der Waals surface area contributed by atoms with Gasteiger partial charge >= 0.3 is 5.97 Å². The third kappa shape index (κ3) is 5.74. The number of esters is 1. The Morgan fingerprint density at radius 3 is 2.41 bits per heavy atom. The van der Waals surface area contributed by atoms with Crippen molar-refractivity contribution in [3.05, 3.63) is 70.0 Å². The van der Waals surface area contributed by atoms with E-state index in [1.54, 1.807) is 62.4 Å². The highest BCUT2D eigenvalue weighted by Crippen LogP contribution is 2.27. The molecule has 0 aliphatic heterocycles. The summed E-state index contributed by atoms with van der Waals surface area (Å²) in [5.41, 5.74) is 7.02. The molecular weight excluding hydrogens is 432 g/mol. The number of carbonyl (C=O) groups excluding carboxylic acids is 1. The number of hydrogen-bond donors (Lipinski definition) is 4. The van der Waals surface area contributed by atoms with Crippen LogP contribution in [0.4, 0.5) is 10.7 Å².